The van der Waals surface area contributed by atoms with Crippen molar-refractivity contribution in [3.63, 3.8) is 0 Å². The Morgan fingerprint density at radius 1 is 1.07 bits per heavy atom. The van der Waals surface area contributed by atoms with Crippen molar-refractivity contribution < 1.29 is 13.3 Å². The molecule has 1 aliphatic rings. The molecule has 0 saturated carbocycles. The van der Waals surface area contributed by atoms with Gasteiger partial charge in [-0.25, -0.2) is 13.4 Å². The Bertz CT molecular complexity index is 961. The van der Waals surface area contributed by atoms with Crippen LogP contribution in [0, 0.1) is 0 Å². The van der Waals surface area contributed by atoms with Crippen molar-refractivity contribution in [3.05, 3.63) is 63.8 Å². The van der Waals surface area contributed by atoms with E-state index >= 15 is 0 Å². The van der Waals surface area contributed by atoms with Gasteiger partial charge in [0.2, 0.25) is 10.0 Å². The number of aromatic nitrogens is 1. The average Bonchev–Trinajstić information content (AvgIpc) is 3.34. The van der Waals surface area contributed by atoms with Gasteiger partial charge in [0.05, 0.1) is 31.9 Å². The number of piperazine rings is 1. The van der Waals surface area contributed by atoms with Crippen molar-refractivity contribution in [1.29, 1.82) is 0 Å². The molecule has 5 nitrogen and oxygen atoms in total. The first-order valence-electron chi connectivity index (χ1n) is 8.92. The molecule has 27 heavy (non-hydrogen) atoms. The van der Waals surface area contributed by atoms with E-state index in [0.717, 1.165) is 35.9 Å². The molecule has 1 aromatic carbocycles. The fourth-order valence-corrected chi connectivity index (χ4v) is 6.36. The molecular weight excluding hydrogens is 398 g/mol. The van der Waals surface area contributed by atoms with Crippen molar-refractivity contribution in [1.82, 2.24) is 9.29 Å². The third-order valence-electron chi connectivity index (χ3n) is 4.77. The topological polar surface area (TPSA) is 54.7 Å². The highest BCUT2D eigenvalue weighted by Gasteiger charge is 2.29. The van der Waals surface area contributed by atoms with Gasteiger partial charge >= 0.3 is 0 Å². The maximum atomic E-state index is 12.7. The molecule has 0 spiro atoms. The van der Waals surface area contributed by atoms with Crippen LogP contribution in [0.1, 0.15) is 11.3 Å². The molecule has 1 fully saturated rings. The summed E-state index contributed by atoms with van der Waals surface area (Å²) in [4.78, 5) is 6.13. The quantitative estimate of drug-likeness (QED) is 0.665. The van der Waals surface area contributed by atoms with E-state index in [-0.39, 0.29) is 5.75 Å². The summed E-state index contributed by atoms with van der Waals surface area (Å²) in [5, 5.41) is 7.37. The zero-order chi connectivity index (χ0) is 18.7. The van der Waals surface area contributed by atoms with Gasteiger partial charge in [0, 0.05) is 16.3 Å². The molecule has 4 rings (SSSR count). The smallest absolute Gasteiger partial charge is 0.218 e. The standard InChI is InChI=1S/C19H21N3O2S3/c23-27(24,15-16-4-2-1-3-5-16)22-9-7-21(8-10-22)12-18-14-26-19(20-18)17-6-11-25-13-17/h1-6,11,13-14H,7-10,12,15H2/p+1. The molecule has 2 aromatic heterocycles. The van der Waals surface area contributed by atoms with E-state index in [1.54, 1.807) is 27.0 Å². The number of sulfonamides is 1. The fourth-order valence-electron chi connectivity index (χ4n) is 3.30. The Balaban J connectivity index is 1.32. The minimum absolute atomic E-state index is 0.0826. The molecule has 0 atom stereocenters. The normalized spacial score (nSPS) is 16.6. The molecule has 0 unspecified atom stereocenters. The number of hydrogen-bond acceptors (Lipinski definition) is 5. The van der Waals surface area contributed by atoms with Crippen LogP contribution in [-0.2, 0) is 22.3 Å². The SMILES string of the molecule is O=S(=O)(Cc1ccccc1)N1CC[NH+](Cc2csc(-c3ccsc3)n2)CC1. The minimum Gasteiger partial charge on any atom is -0.328 e. The maximum absolute atomic E-state index is 12.7. The number of hydrogen-bond donors (Lipinski definition) is 1. The van der Waals surface area contributed by atoms with Crippen LogP contribution in [0.15, 0.2) is 52.5 Å². The van der Waals surface area contributed by atoms with Gasteiger partial charge in [-0.1, -0.05) is 30.3 Å². The molecule has 3 aromatic rings. The number of thiophene rings is 1. The summed E-state index contributed by atoms with van der Waals surface area (Å²) in [6.07, 6.45) is 0. The van der Waals surface area contributed by atoms with Crippen LogP contribution < -0.4 is 4.90 Å². The van der Waals surface area contributed by atoms with Crippen LogP contribution in [0.25, 0.3) is 10.6 Å². The lowest BCUT2D eigenvalue weighted by molar-refractivity contribution is -0.917. The van der Waals surface area contributed by atoms with E-state index in [9.17, 15) is 8.42 Å². The van der Waals surface area contributed by atoms with Crippen LogP contribution in [0.3, 0.4) is 0 Å². The van der Waals surface area contributed by atoms with Crippen LogP contribution >= 0.6 is 22.7 Å². The zero-order valence-electron chi connectivity index (χ0n) is 14.9. The molecule has 1 N–H and O–H groups in total. The Hall–Kier alpha value is -1.58. The average molecular weight is 421 g/mol. The molecule has 0 bridgehead atoms. The Labute approximate surface area is 168 Å². The molecular formula is C19H22N3O2S3+. The first-order chi connectivity index (χ1) is 13.1. The van der Waals surface area contributed by atoms with Crippen LogP contribution in [0.5, 0.6) is 0 Å². The predicted octanol–water partition coefficient (Wildman–Crippen LogP) is 2.10. The van der Waals surface area contributed by atoms with E-state index in [1.807, 2.05) is 30.3 Å². The summed E-state index contributed by atoms with van der Waals surface area (Å²) in [5.74, 6) is 0.0826. The van der Waals surface area contributed by atoms with Gasteiger partial charge in [0.25, 0.3) is 0 Å². The molecule has 1 saturated heterocycles. The van der Waals surface area contributed by atoms with Crippen molar-refractivity contribution in [3.8, 4) is 10.6 Å². The van der Waals surface area contributed by atoms with Gasteiger partial charge in [-0.15, -0.1) is 11.3 Å². The number of nitrogens with zero attached hydrogens (tertiary/aromatic N) is 2. The summed E-state index contributed by atoms with van der Waals surface area (Å²) in [7, 11) is -3.25. The highest BCUT2D eigenvalue weighted by atomic mass is 32.2. The van der Waals surface area contributed by atoms with E-state index in [1.165, 1.54) is 10.5 Å². The molecule has 0 radical (unpaired) electrons. The summed E-state index contributed by atoms with van der Waals surface area (Å²) in [6.45, 7) is 3.64. The zero-order valence-corrected chi connectivity index (χ0v) is 17.3. The molecule has 142 valence electrons. The Kier molecular flexibility index (Phi) is 5.70. The molecule has 0 aliphatic carbocycles. The minimum atomic E-state index is -3.25. The van der Waals surface area contributed by atoms with Gasteiger partial charge in [-0.3, -0.25) is 0 Å². The second kappa shape index (κ2) is 8.20. The summed E-state index contributed by atoms with van der Waals surface area (Å²) in [6, 6.07) is 11.5. The molecule has 0 amide bonds. The van der Waals surface area contributed by atoms with Gasteiger partial charge in [-0.05, 0) is 17.0 Å². The van der Waals surface area contributed by atoms with Crippen molar-refractivity contribution in [2.24, 2.45) is 0 Å². The number of benzene rings is 1. The second-order valence-corrected chi connectivity index (χ2v) is 10.3. The van der Waals surface area contributed by atoms with Crippen LogP contribution in [0.4, 0.5) is 0 Å². The third kappa shape index (κ3) is 4.64. The van der Waals surface area contributed by atoms with Gasteiger partial charge in [0.1, 0.15) is 17.2 Å². The van der Waals surface area contributed by atoms with Crippen LogP contribution in [0.2, 0.25) is 0 Å². The number of rotatable bonds is 6. The Morgan fingerprint density at radius 2 is 1.85 bits per heavy atom. The van der Waals surface area contributed by atoms with Gasteiger partial charge in [-0.2, -0.15) is 15.6 Å². The highest BCUT2D eigenvalue weighted by molar-refractivity contribution is 7.88. The first kappa shape index (κ1) is 18.8. The van der Waals surface area contributed by atoms with Gasteiger partial charge in [0.15, 0.2) is 0 Å². The van der Waals surface area contributed by atoms with E-state index in [4.69, 9.17) is 4.98 Å². The van der Waals surface area contributed by atoms with Crippen molar-refractivity contribution >= 4 is 32.7 Å². The lowest BCUT2D eigenvalue weighted by Gasteiger charge is -2.31. The molecule has 3 heterocycles. The molecule has 1 aliphatic heterocycles. The first-order valence-corrected chi connectivity index (χ1v) is 12.4. The van der Waals surface area contributed by atoms with Crippen molar-refractivity contribution in [2.45, 2.75) is 12.3 Å². The van der Waals surface area contributed by atoms with E-state index in [2.05, 4.69) is 22.2 Å². The largest absolute Gasteiger partial charge is 0.328 e. The fraction of sp³-hybridized carbons (Fsp3) is 0.316. The lowest BCUT2D eigenvalue weighted by Crippen LogP contribution is -3.13. The third-order valence-corrected chi connectivity index (χ3v) is 8.24. The summed E-state index contributed by atoms with van der Waals surface area (Å²) < 4.78 is 27.0. The van der Waals surface area contributed by atoms with Crippen molar-refractivity contribution in [2.75, 3.05) is 26.2 Å². The number of nitrogens with one attached hydrogen (secondary N) is 1. The van der Waals surface area contributed by atoms with E-state index in [0.29, 0.717) is 13.1 Å². The highest BCUT2D eigenvalue weighted by Crippen LogP contribution is 2.25. The van der Waals surface area contributed by atoms with Crippen LogP contribution in [-0.4, -0.2) is 43.9 Å². The van der Waals surface area contributed by atoms with Gasteiger partial charge < -0.3 is 4.90 Å². The predicted molar refractivity (Wildman–Crippen MR) is 110 cm³/mol. The summed E-state index contributed by atoms with van der Waals surface area (Å²) >= 11 is 3.36. The number of quaternary nitrogens is 1. The number of thiazole rings is 1. The monoisotopic (exact) mass is 420 g/mol. The molecule has 8 heteroatoms. The second-order valence-electron chi connectivity index (χ2n) is 6.72. The van der Waals surface area contributed by atoms with E-state index < -0.39 is 10.0 Å². The lowest BCUT2D eigenvalue weighted by atomic mass is 10.2. The Morgan fingerprint density at radius 3 is 2.56 bits per heavy atom. The summed E-state index contributed by atoms with van der Waals surface area (Å²) in [5.41, 5.74) is 3.12. The maximum Gasteiger partial charge on any atom is 0.218 e.